The lowest BCUT2D eigenvalue weighted by Crippen LogP contribution is -2.43. The highest BCUT2D eigenvalue weighted by Gasteiger charge is 2.43. The Hall–Kier alpha value is -2.63. The molecule has 2 aromatic rings. The van der Waals surface area contributed by atoms with Crippen LogP contribution >= 0.6 is 11.6 Å². The molecule has 0 unspecified atom stereocenters. The lowest BCUT2D eigenvalue weighted by molar-refractivity contribution is -0.120. The van der Waals surface area contributed by atoms with Gasteiger partial charge in [-0.15, -0.1) is 0 Å². The highest BCUT2D eigenvalue weighted by Crippen LogP contribution is 2.38. The molecular weight excluding hydrogens is 422 g/mol. The maximum atomic E-state index is 13.8. The minimum absolute atomic E-state index is 0.208. The fourth-order valence-corrected chi connectivity index (χ4v) is 4.79. The van der Waals surface area contributed by atoms with E-state index in [9.17, 15) is 9.59 Å². The second-order valence-corrected chi connectivity index (χ2v) is 9.40. The van der Waals surface area contributed by atoms with E-state index in [-0.39, 0.29) is 17.9 Å². The largest absolute Gasteiger partial charge is 0.366 e. The third-order valence-electron chi connectivity index (χ3n) is 6.92. The Kier molecular flexibility index (Phi) is 6.15. The van der Waals surface area contributed by atoms with E-state index >= 15 is 0 Å². The van der Waals surface area contributed by atoms with Gasteiger partial charge in [0.05, 0.1) is 11.3 Å². The van der Waals surface area contributed by atoms with Crippen molar-refractivity contribution in [2.24, 2.45) is 0 Å². The molecule has 2 aliphatic heterocycles. The van der Waals surface area contributed by atoms with Crippen molar-refractivity contribution in [1.82, 2.24) is 9.80 Å². The Morgan fingerprint density at radius 1 is 0.969 bits per heavy atom. The van der Waals surface area contributed by atoms with Crippen LogP contribution in [0, 0.1) is 20.8 Å². The molecule has 4 rings (SSSR count). The molecule has 2 amide bonds. The van der Waals surface area contributed by atoms with Gasteiger partial charge in [0.2, 0.25) is 0 Å². The summed E-state index contributed by atoms with van der Waals surface area (Å²) in [5, 5.41) is 0.535. The number of likely N-dealkylation sites (N-methyl/N-ethyl adjacent to an activating group) is 1. The maximum Gasteiger partial charge on any atom is 0.282 e. The van der Waals surface area contributed by atoms with E-state index in [1.807, 2.05) is 50.9 Å². The molecule has 168 valence electrons. The van der Waals surface area contributed by atoms with Crippen LogP contribution in [0.25, 0.3) is 5.57 Å². The molecule has 0 bridgehead atoms. The Labute approximate surface area is 195 Å². The third-order valence-corrected chi connectivity index (χ3v) is 7.33. The highest BCUT2D eigenvalue weighted by molar-refractivity contribution is 6.46. The highest BCUT2D eigenvalue weighted by atomic mass is 35.5. The number of hydrogen-bond donors (Lipinski definition) is 0. The molecule has 0 atom stereocenters. The molecule has 5 nitrogen and oxygen atoms in total. The number of piperidine rings is 1. The number of hydrogen-bond acceptors (Lipinski definition) is 4. The topological polar surface area (TPSA) is 43.9 Å². The molecular formula is C26H30ClN3O2. The number of carbonyl (C=O) groups excluding carboxylic acids is 2. The molecule has 32 heavy (non-hydrogen) atoms. The summed E-state index contributed by atoms with van der Waals surface area (Å²) < 4.78 is 0. The van der Waals surface area contributed by atoms with Gasteiger partial charge in [0.1, 0.15) is 5.70 Å². The van der Waals surface area contributed by atoms with Crippen LogP contribution in [0.3, 0.4) is 0 Å². The van der Waals surface area contributed by atoms with Crippen LogP contribution in [0.5, 0.6) is 0 Å². The predicted molar refractivity (Wildman–Crippen MR) is 130 cm³/mol. The molecule has 0 N–H and O–H groups in total. The summed E-state index contributed by atoms with van der Waals surface area (Å²) in [5.74, 6) is -0.576. The number of imide groups is 1. The number of nitrogens with zero attached hydrogens (tertiary/aromatic N) is 3. The second kappa shape index (κ2) is 8.72. The summed E-state index contributed by atoms with van der Waals surface area (Å²) in [7, 11) is 4.07. The monoisotopic (exact) mass is 451 g/mol. The van der Waals surface area contributed by atoms with Crippen molar-refractivity contribution in [3.63, 3.8) is 0 Å². The van der Waals surface area contributed by atoms with Gasteiger partial charge in [-0.25, -0.2) is 4.90 Å². The van der Waals surface area contributed by atoms with Crippen LogP contribution in [0.15, 0.2) is 42.1 Å². The van der Waals surface area contributed by atoms with Crippen molar-refractivity contribution in [2.75, 3.05) is 32.1 Å². The van der Waals surface area contributed by atoms with E-state index < -0.39 is 0 Å². The van der Waals surface area contributed by atoms with Crippen LogP contribution in [0.4, 0.5) is 5.69 Å². The zero-order valence-electron chi connectivity index (χ0n) is 19.4. The Bertz CT molecular complexity index is 1120. The van der Waals surface area contributed by atoms with Crippen LogP contribution in [0.2, 0.25) is 5.02 Å². The SMILES string of the molecule is Cc1ccc(C2=C(N(C)C3CCN(C)CC3)C(=O)N(c3cccc(Cl)c3C)C2=O)cc1C. The van der Waals surface area contributed by atoms with Crippen LogP contribution < -0.4 is 4.90 Å². The standard InChI is InChI=1S/C26H30ClN3O2/c1-16-9-10-19(15-17(16)2)23-24(29(5)20-11-13-28(4)14-12-20)26(32)30(25(23)31)22-8-6-7-21(27)18(22)3/h6-10,15,20H,11-14H2,1-5H3. The van der Waals surface area contributed by atoms with E-state index in [1.165, 1.54) is 4.90 Å². The number of benzene rings is 2. The molecule has 0 aliphatic carbocycles. The molecule has 0 aromatic heterocycles. The molecule has 0 spiro atoms. The van der Waals surface area contributed by atoms with Gasteiger partial charge >= 0.3 is 0 Å². The van der Waals surface area contributed by atoms with Crippen molar-refractivity contribution in [2.45, 2.75) is 39.7 Å². The van der Waals surface area contributed by atoms with Crippen LogP contribution in [-0.4, -0.2) is 54.8 Å². The smallest absolute Gasteiger partial charge is 0.282 e. The van der Waals surface area contributed by atoms with Gasteiger partial charge < -0.3 is 9.80 Å². The van der Waals surface area contributed by atoms with Gasteiger partial charge in [-0.3, -0.25) is 9.59 Å². The van der Waals surface area contributed by atoms with Crippen molar-refractivity contribution in [3.8, 4) is 0 Å². The summed E-state index contributed by atoms with van der Waals surface area (Å²) in [5.41, 5.74) is 5.24. The average molecular weight is 452 g/mol. The number of likely N-dealkylation sites (tertiary alicyclic amines) is 1. The number of halogens is 1. The second-order valence-electron chi connectivity index (χ2n) is 9.00. The first-order valence-electron chi connectivity index (χ1n) is 11.1. The van der Waals surface area contributed by atoms with Gasteiger partial charge in [-0.1, -0.05) is 35.9 Å². The predicted octanol–water partition coefficient (Wildman–Crippen LogP) is 4.58. The van der Waals surface area contributed by atoms with Gasteiger partial charge in [0, 0.05) is 18.1 Å². The van der Waals surface area contributed by atoms with Gasteiger partial charge in [0.25, 0.3) is 11.8 Å². The van der Waals surface area contributed by atoms with Crippen molar-refractivity contribution in [3.05, 3.63) is 69.4 Å². The molecule has 2 heterocycles. The molecule has 2 aliphatic rings. The van der Waals surface area contributed by atoms with Crippen molar-refractivity contribution in [1.29, 1.82) is 0 Å². The van der Waals surface area contributed by atoms with E-state index in [4.69, 9.17) is 11.6 Å². The molecule has 0 radical (unpaired) electrons. The minimum atomic E-state index is -0.293. The first-order valence-corrected chi connectivity index (χ1v) is 11.5. The molecule has 1 fully saturated rings. The van der Waals surface area contributed by atoms with Crippen molar-refractivity contribution >= 4 is 34.7 Å². The maximum absolute atomic E-state index is 13.8. The van der Waals surface area contributed by atoms with Gasteiger partial charge in [-0.2, -0.15) is 0 Å². The zero-order valence-corrected chi connectivity index (χ0v) is 20.2. The third kappa shape index (κ3) is 3.84. The lowest BCUT2D eigenvalue weighted by Gasteiger charge is -2.36. The number of rotatable bonds is 4. The zero-order chi connectivity index (χ0) is 23.2. The van der Waals surface area contributed by atoms with E-state index in [2.05, 4.69) is 11.9 Å². The molecule has 0 saturated carbocycles. The summed E-state index contributed by atoms with van der Waals surface area (Å²) >= 11 is 6.34. The normalized spacial score (nSPS) is 18.1. The summed E-state index contributed by atoms with van der Waals surface area (Å²) in [6.07, 6.45) is 1.91. The number of anilines is 1. The van der Waals surface area contributed by atoms with E-state index in [0.717, 1.165) is 48.2 Å². The Morgan fingerprint density at radius 2 is 1.66 bits per heavy atom. The first-order chi connectivity index (χ1) is 15.2. The summed E-state index contributed by atoms with van der Waals surface area (Å²) in [6.45, 7) is 7.86. The number of amides is 2. The van der Waals surface area contributed by atoms with Crippen LogP contribution in [0.1, 0.15) is 35.1 Å². The van der Waals surface area contributed by atoms with Gasteiger partial charge in [-0.05, 0) is 88.1 Å². The Morgan fingerprint density at radius 3 is 2.31 bits per heavy atom. The lowest BCUT2D eigenvalue weighted by atomic mass is 9.97. The van der Waals surface area contributed by atoms with Crippen molar-refractivity contribution < 1.29 is 9.59 Å². The minimum Gasteiger partial charge on any atom is -0.366 e. The Balaban J connectivity index is 1.84. The quantitative estimate of drug-likeness (QED) is 0.638. The van der Waals surface area contributed by atoms with Crippen LogP contribution in [-0.2, 0) is 9.59 Å². The first kappa shape index (κ1) is 22.6. The van der Waals surface area contributed by atoms with E-state index in [0.29, 0.717) is 22.0 Å². The summed E-state index contributed by atoms with van der Waals surface area (Å²) in [4.78, 5) is 33.2. The molecule has 1 saturated heterocycles. The number of carbonyl (C=O) groups is 2. The van der Waals surface area contributed by atoms with E-state index in [1.54, 1.807) is 18.2 Å². The molecule has 6 heteroatoms. The average Bonchev–Trinajstić information content (AvgIpc) is 3.02. The summed E-state index contributed by atoms with van der Waals surface area (Å²) in [6, 6.07) is 11.5. The van der Waals surface area contributed by atoms with Gasteiger partial charge in [0.15, 0.2) is 0 Å². The number of aryl methyl sites for hydroxylation is 2. The fraction of sp³-hybridized carbons (Fsp3) is 0.385. The fourth-order valence-electron chi connectivity index (χ4n) is 4.62. The molecule has 2 aromatic carbocycles.